The number of hydrogen-bond acceptors (Lipinski definition) is 3. The quantitative estimate of drug-likeness (QED) is 0.924. The zero-order valence-corrected chi connectivity index (χ0v) is 11.0. The van der Waals surface area contributed by atoms with Gasteiger partial charge in [0.15, 0.2) is 5.03 Å². The van der Waals surface area contributed by atoms with Gasteiger partial charge >= 0.3 is 0 Å². The Kier molecular flexibility index (Phi) is 3.34. The molecule has 0 unspecified atom stereocenters. The van der Waals surface area contributed by atoms with Crippen LogP contribution in [0.1, 0.15) is 11.1 Å². The van der Waals surface area contributed by atoms with E-state index in [-0.39, 0.29) is 5.03 Å². The van der Waals surface area contributed by atoms with Gasteiger partial charge in [-0.15, -0.1) is 0 Å². The number of rotatable bonds is 3. The van der Waals surface area contributed by atoms with Gasteiger partial charge in [0.1, 0.15) is 0 Å². The Bertz CT molecular complexity index is 666. The van der Waals surface area contributed by atoms with Gasteiger partial charge in [-0.3, -0.25) is 4.72 Å². The summed E-state index contributed by atoms with van der Waals surface area (Å²) in [7, 11) is -3.62. The second kappa shape index (κ2) is 4.78. The molecule has 0 radical (unpaired) electrons. The summed E-state index contributed by atoms with van der Waals surface area (Å²) >= 11 is 0. The third-order valence-corrected chi connectivity index (χ3v) is 3.93. The highest BCUT2D eigenvalue weighted by Gasteiger charge is 2.17. The van der Waals surface area contributed by atoms with Crippen LogP contribution in [0.25, 0.3) is 0 Å². The van der Waals surface area contributed by atoms with E-state index in [0.29, 0.717) is 11.3 Å². The zero-order valence-electron chi connectivity index (χ0n) is 10.2. The summed E-state index contributed by atoms with van der Waals surface area (Å²) in [5.74, 6) is 0. The highest BCUT2D eigenvalue weighted by atomic mass is 32.2. The van der Waals surface area contributed by atoms with Gasteiger partial charge in [0, 0.05) is 11.9 Å². The number of hydrogen-bond donors (Lipinski definition) is 1. The molecule has 2 rings (SSSR count). The number of aromatic nitrogens is 1. The molecule has 1 aromatic carbocycles. The number of benzene rings is 1. The molecule has 0 spiro atoms. The van der Waals surface area contributed by atoms with Crippen LogP contribution in [-0.2, 0) is 10.0 Å². The van der Waals surface area contributed by atoms with Crippen LogP contribution in [0.2, 0.25) is 0 Å². The molecule has 0 aliphatic rings. The van der Waals surface area contributed by atoms with Crippen LogP contribution < -0.4 is 4.72 Å². The molecule has 1 N–H and O–H groups in total. The number of nitrogens with one attached hydrogen (secondary N) is 1. The molecule has 0 saturated carbocycles. The van der Waals surface area contributed by atoms with Gasteiger partial charge in [-0.05, 0) is 43.2 Å². The maximum atomic E-state index is 12.2. The van der Waals surface area contributed by atoms with Crippen LogP contribution in [-0.4, -0.2) is 13.4 Å². The standard InChI is InChI=1S/C13H14N2O2S/c1-10-5-3-7-12(9-10)15-18(16,17)13-11(2)6-4-8-14-13/h3-9,15H,1-2H3. The highest BCUT2D eigenvalue weighted by molar-refractivity contribution is 7.92. The Labute approximate surface area is 107 Å². The van der Waals surface area contributed by atoms with E-state index >= 15 is 0 Å². The SMILES string of the molecule is Cc1cccc(NS(=O)(=O)c2ncccc2C)c1. The van der Waals surface area contributed by atoms with Crippen molar-refractivity contribution in [1.29, 1.82) is 0 Å². The molecule has 18 heavy (non-hydrogen) atoms. The molecule has 1 aromatic heterocycles. The van der Waals surface area contributed by atoms with Crippen molar-refractivity contribution in [2.24, 2.45) is 0 Å². The molecule has 1 heterocycles. The zero-order chi connectivity index (χ0) is 13.2. The molecule has 94 valence electrons. The van der Waals surface area contributed by atoms with Gasteiger partial charge in [-0.1, -0.05) is 18.2 Å². The fourth-order valence-electron chi connectivity index (χ4n) is 1.66. The monoisotopic (exact) mass is 262 g/mol. The summed E-state index contributed by atoms with van der Waals surface area (Å²) < 4.78 is 26.8. The van der Waals surface area contributed by atoms with Crippen LogP contribution in [0.3, 0.4) is 0 Å². The number of anilines is 1. The van der Waals surface area contributed by atoms with E-state index < -0.39 is 10.0 Å². The second-order valence-corrected chi connectivity index (χ2v) is 5.70. The Hall–Kier alpha value is -1.88. The average molecular weight is 262 g/mol. The molecule has 0 atom stereocenters. The lowest BCUT2D eigenvalue weighted by Gasteiger charge is -2.09. The first-order valence-electron chi connectivity index (χ1n) is 5.50. The van der Waals surface area contributed by atoms with E-state index in [2.05, 4.69) is 9.71 Å². The molecular weight excluding hydrogens is 248 g/mol. The van der Waals surface area contributed by atoms with Crippen molar-refractivity contribution in [3.8, 4) is 0 Å². The first kappa shape index (κ1) is 12.6. The predicted molar refractivity (Wildman–Crippen MR) is 71.0 cm³/mol. The van der Waals surface area contributed by atoms with Crippen molar-refractivity contribution < 1.29 is 8.42 Å². The van der Waals surface area contributed by atoms with Gasteiger partial charge in [-0.25, -0.2) is 4.98 Å². The van der Waals surface area contributed by atoms with Crippen molar-refractivity contribution >= 4 is 15.7 Å². The van der Waals surface area contributed by atoms with Crippen molar-refractivity contribution in [3.63, 3.8) is 0 Å². The van der Waals surface area contributed by atoms with Gasteiger partial charge in [0.2, 0.25) is 0 Å². The summed E-state index contributed by atoms with van der Waals surface area (Å²) in [6.07, 6.45) is 1.47. The largest absolute Gasteiger partial charge is 0.279 e. The van der Waals surface area contributed by atoms with Crippen molar-refractivity contribution in [3.05, 3.63) is 53.7 Å². The predicted octanol–water partition coefficient (Wildman–Crippen LogP) is 2.50. The first-order chi connectivity index (χ1) is 8.49. The van der Waals surface area contributed by atoms with E-state index in [0.717, 1.165) is 5.56 Å². The van der Waals surface area contributed by atoms with Crippen LogP contribution in [0.15, 0.2) is 47.6 Å². The molecule has 0 saturated heterocycles. The lowest BCUT2D eigenvalue weighted by molar-refractivity contribution is 0.596. The highest BCUT2D eigenvalue weighted by Crippen LogP contribution is 2.17. The van der Waals surface area contributed by atoms with Crippen molar-refractivity contribution in [1.82, 2.24) is 4.98 Å². The summed E-state index contributed by atoms with van der Waals surface area (Å²) in [6, 6.07) is 10.6. The fraction of sp³-hybridized carbons (Fsp3) is 0.154. The average Bonchev–Trinajstić information content (AvgIpc) is 2.28. The van der Waals surface area contributed by atoms with E-state index in [1.807, 2.05) is 13.0 Å². The molecule has 4 nitrogen and oxygen atoms in total. The van der Waals surface area contributed by atoms with Crippen LogP contribution in [0, 0.1) is 13.8 Å². The maximum absolute atomic E-state index is 12.2. The van der Waals surface area contributed by atoms with Crippen LogP contribution in [0.4, 0.5) is 5.69 Å². The van der Waals surface area contributed by atoms with E-state index in [1.54, 1.807) is 37.3 Å². The summed E-state index contributed by atoms with van der Waals surface area (Å²) in [5.41, 5.74) is 2.16. The fourth-order valence-corrected chi connectivity index (χ4v) is 2.89. The molecule has 0 bridgehead atoms. The molecule has 0 aliphatic carbocycles. The molecular formula is C13H14N2O2S. The second-order valence-electron chi connectivity index (χ2n) is 4.10. The molecule has 5 heteroatoms. The minimum Gasteiger partial charge on any atom is -0.278 e. The van der Waals surface area contributed by atoms with Crippen molar-refractivity contribution in [2.45, 2.75) is 18.9 Å². The first-order valence-corrected chi connectivity index (χ1v) is 6.98. The number of pyridine rings is 1. The van der Waals surface area contributed by atoms with Gasteiger partial charge in [-0.2, -0.15) is 8.42 Å². The number of sulfonamides is 1. The third kappa shape index (κ3) is 2.68. The van der Waals surface area contributed by atoms with Crippen molar-refractivity contribution in [2.75, 3.05) is 4.72 Å². The lowest BCUT2D eigenvalue weighted by Crippen LogP contribution is -2.15. The smallest absolute Gasteiger partial charge is 0.278 e. The molecule has 0 amide bonds. The Morgan fingerprint density at radius 1 is 1.11 bits per heavy atom. The van der Waals surface area contributed by atoms with E-state index in [4.69, 9.17) is 0 Å². The summed E-state index contributed by atoms with van der Waals surface area (Å²) in [5, 5.41) is 0.0616. The molecule has 2 aromatic rings. The molecule has 0 fully saturated rings. The lowest BCUT2D eigenvalue weighted by atomic mass is 10.2. The van der Waals surface area contributed by atoms with Gasteiger partial charge in [0.05, 0.1) is 0 Å². The maximum Gasteiger partial charge on any atom is 0.279 e. The van der Waals surface area contributed by atoms with Gasteiger partial charge < -0.3 is 0 Å². The molecule has 0 aliphatic heterocycles. The van der Waals surface area contributed by atoms with Crippen LogP contribution in [0.5, 0.6) is 0 Å². The normalized spacial score (nSPS) is 11.2. The Morgan fingerprint density at radius 2 is 1.89 bits per heavy atom. The number of aryl methyl sites for hydroxylation is 2. The number of nitrogens with zero attached hydrogens (tertiary/aromatic N) is 1. The summed E-state index contributed by atoms with van der Waals surface area (Å²) in [4.78, 5) is 3.92. The topological polar surface area (TPSA) is 59.1 Å². The Balaban J connectivity index is 2.37. The summed E-state index contributed by atoms with van der Waals surface area (Å²) in [6.45, 7) is 3.63. The van der Waals surface area contributed by atoms with Gasteiger partial charge in [0.25, 0.3) is 10.0 Å². The Morgan fingerprint density at radius 3 is 2.56 bits per heavy atom. The third-order valence-electron chi connectivity index (χ3n) is 2.49. The van der Waals surface area contributed by atoms with E-state index in [1.165, 1.54) is 6.20 Å². The van der Waals surface area contributed by atoms with E-state index in [9.17, 15) is 8.42 Å². The minimum atomic E-state index is -3.62. The minimum absolute atomic E-state index is 0.0616. The van der Waals surface area contributed by atoms with Crippen LogP contribution >= 0.6 is 0 Å².